The Bertz CT molecular complexity index is 970. The van der Waals surface area contributed by atoms with Gasteiger partial charge >= 0.3 is 0 Å². The molecule has 2 aromatic heterocycles. The van der Waals surface area contributed by atoms with Crippen LogP contribution in [-0.4, -0.2) is 53.6 Å². The molecule has 2 unspecified atom stereocenters. The molecule has 0 amide bonds. The minimum atomic E-state index is -0.342. The van der Waals surface area contributed by atoms with Crippen LogP contribution in [0.15, 0.2) is 45.5 Å². The highest BCUT2D eigenvalue weighted by Gasteiger charge is 2.51. The van der Waals surface area contributed by atoms with Crippen molar-refractivity contribution in [1.82, 2.24) is 15.0 Å². The van der Waals surface area contributed by atoms with Gasteiger partial charge in [-0.3, -0.25) is 4.90 Å². The van der Waals surface area contributed by atoms with Gasteiger partial charge in [-0.2, -0.15) is 4.98 Å². The molecular weight excluding hydrogens is 362 g/mol. The van der Waals surface area contributed by atoms with E-state index in [0.717, 1.165) is 23.6 Å². The number of aromatic nitrogens is 2. The predicted molar refractivity (Wildman–Crippen MR) is 98.0 cm³/mol. The lowest BCUT2D eigenvalue weighted by Crippen LogP contribution is -2.42. The lowest BCUT2D eigenvalue weighted by Gasteiger charge is -2.38. The highest BCUT2D eigenvalue weighted by Crippen LogP contribution is 2.50. The van der Waals surface area contributed by atoms with E-state index in [4.69, 9.17) is 18.4 Å². The zero-order chi connectivity index (χ0) is 19.1. The molecule has 1 fully saturated rings. The number of rotatable bonds is 5. The molecule has 146 valence electrons. The maximum atomic E-state index is 10.2. The van der Waals surface area contributed by atoms with Gasteiger partial charge in [0.2, 0.25) is 11.7 Å². The molecule has 0 saturated carbocycles. The van der Waals surface area contributed by atoms with E-state index >= 15 is 0 Å². The van der Waals surface area contributed by atoms with Gasteiger partial charge in [0, 0.05) is 30.5 Å². The van der Waals surface area contributed by atoms with Gasteiger partial charge in [0.25, 0.3) is 0 Å². The van der Waals surface area contributed by atoms with E-state index in [2.05, 4.69) is 15.0 Å². The molecule has 2 aliphatic heterocycles. The van der Waals surface area contributed by atoms with Crippen molar-refractivity contribution in [2.75, 3.05) is 33.4 Å². The fourth-order valence-corrected chi connectivity index (χ4v) is 4.26. The molecule has 2 aliphatic rings. The SMILES string of the molecule is COc1ccc2c(c1)OCC1(CO)CN(Cc3nc(-c4ccco4)no3)CC21. The molecule has 0 radical (unpaired) electrons. The van der Waals surface area contributed by atoms with Crippen LogP contribution in [-0.2, 0) is 6.54 Å². The Morgan fingerprint density at radius 2 is 2.29 bits per heavy atom. The second-order valence-electron chi connectivity index (χ2n) is 7.42. The molecular formula is C20H21N3O5. The zero-order valence-corrected chi connectivity index (χ0v) is 15.5. The first-order chi connectivity index (χ1) is 13.7. The van der Waals surface area contributed by atoms with Crippen LogP contribution in [0.1, 0.15) is 17.4 Å². The minimum Gasteiger partial charge on any atom is -0.497 e. The summed E-state index contributed by atoms with van der Waals surface area (Å²) in [5.74, 6) is 3.30. The van der Waals surface area contributed by atoms with E-state index in [1.54, 1.807) is 25.5 Å². The van der Waals surface area contributed by atoms with Crippen LogP contribution in [0.2, 0.25) is 0 Å². The monoisotopic (exact) mass is 383 g/mol. The lowest BCUT2D eigenvalue weighted by molar-refractivity contribution is 0.0449. The normalized spacial score (nSPS) is 23.9. The Kier molecular flexibility index (Phi) is 4.10. The van der Waals surface area contributed by atoms with E-state index < -0.39 is 0 Å². The van der Waals surface area contributed by atoms with Crippen molar-refractivity contribution in [1.29, 1.82) is 0 Å². The van der Waals surface area contributed by atoms with Crippen LogP contribution in [0.25, 0.3) is 11.6 Å². The first-order valence-corrected chi connectivity index (χ1v) is 9.21. The van der Waals surface area contributed by atoms with Crippen molar-refractivity contribution in [3.63, 3.8) is 0 Å². The summed E-state index contributed by atoms with van der Waals surface area (Å²) in [5.41, 5.74) is 0.760. The quantitative estimate of drug-likeness (QED) is 0.717. The van der Waals surface area contributed by atoms with E-state index in [1.165, 1.54) is 0 Å². The number of hydrogen-bond donors (Lipinski definition) is 1. The summed E-state index contributed by atoms with van der Waals surface area (Å²) in [6.45, 7) is 2.50. The Hall–Kier alpha value is -2.84. The fraction of sp³-hybridized carbons (Fsp3) is 0.400. The number of likely N-dealkylation sites (tertiary alicyclic amines) is 1. The molecule has 0 aliphatic carbocycles. The van der Waals surface area contributed by atoms with Crippen molar-refractivity contribution < 1.29 is 23.5 Å². The van der Waals surface area contributed by atoms with Crippen LogP contribution in [0.5, 0.6) is 11.5 Å². The summed E-state index contributed by atoms with van der Waals surface area (Å²) in [4.78, 5) is 6.65. The highest BCUT2D eigenvalue weighted by molar-refractivity contribution is 5.46. The summed E-state index contributed by atoms with van der Waals surface area (Å²) in [6, 6.07) is 9.46. The third kappa shape index (κ3) is 2.76. The largest absolute Gasteiger partial charge is 0.497 e. The molecule has 8 nitrogen and oxygen atoms in total. The predicted octanol–water partition coefficient (Wildman–Crippen LogP) is 2.31. The number of fused-ring (bicyclic) bond motifs is 3. The minimum absolute atomic E-state index is 0.0567. The van der Waals surface area contributed by atoms with Gasteiger partial charge in [-0.05, 0) is 23.8 Å². The highest BCUT2D eigenvalue weighted by atomic mass is 16.5. The molecule has 1 aromatic carbocycles. The van der Waals surface area contributed by atoms with Gasteiger partial charge in [0.15, 0.2) is 5.76 Å². The average Bonchev–Trinajstić information content (AvgIpc) is 3.47. The number of nitrogens with zero attached hydrogens (tertiary/aromatic N) is 3. The summed E-state index contributed by atoms with van der Waals surface area (Å²) < 4.78 is 22.0. The van der Waals surface area contributed by atoms with Crippen molar-refractivity contribution in [3.8, 4) is 23.1 Å². The molecule has 28 heavy (non-hydrogen) atoms. The molecule has 0 bridgehead atoms. The third-order valence-corrected chi connectivity index (χ3v) is 5.71. The van der Waals surface area contributed by atoms with E-state index in [1.807, 2.05) is 18.2 Å². The molecule has 3 aromatic rings. The molecule has 5 rings (SSSR count). The summed E-state index contributed by atoms with van der Waals surface area (Å²) in [7, 11) is 1.64. The van der Waals surface area contributed by atoms with E-state index in [9.17, 15) is 5.11 Å². The van der Waals surface area contributed by atoms with Gasteiger partial charge in [-0.25, -0.2) is 0 Å². The van der Waals surface area contributed by atoms with Gasteiger partial charge in [0.1, 0.15) is 11.5 Å². The second-order valence-corrected chi connectivity index (χ2v) is 7.42. The second kappa shape index (κ2) is 6.65. The summed E-state index contributed by atoms with van der Waals surface area (Å²) in [5, 5.41) is 14.2. The van der Waals surface area contributed by atoms with Gasteiger partial charge in [0.05, 0.1) is 33.1 Å². The number of methoxy groups -OCH3 is 1. The van der Waals surface area contributed by atoms with Crippen LogP contribution < -0.4 is 9.47 Å². The first-order valence-electron chi connectivity index (χ1n) is 9.21. The molecule has 1 saturated heterocycles. The van der Waals surface area contributed by atoms with Crippen molar-refractivity contribution in [2.45, 2.75) is 12.5 Å². The van der Waals surface area contributed by atoms with Gasteiger partial charge in [-0.1, -0.05) is 11.2 Å². The number of aliphatic hydroxyl groups is 1. The van der Waals surface area contributed by atoms with Crippen molar-refractivity contribution in [2.24, 2.45) is 5.41 Å². The Morgan fingerprint density at radius 3 is 3.07 bits per heavy atom. The van der Waals surface area contributed by atoms with Gasteiger partial charge < -0.3 is 23.5 Å². The zero-order valence-electron chi connectivity index (χ0n) is 15.5. The van der Waals surface area contributed by atoms with Crippen LogP contribution >= 0.6 is 0 Å². The molecule has 2 atom stereocenters. The topological polar surface area (TPSA) is 94.0 Å². The number of ether oxygens (including phenoxy) is 2. The fourth-order valence-electron chi connectivity index (χ4n) is 4.26. The first kappa shape index (κ1) is 17.3. The number of furan rings is 1. The number of hydrogen-bond acceptors (Lipinski definition) is 8. The Morgan fingerprint density at radius 1 is 1.36 bits per heavy atom. The Balaban J connectivity index is 1.38. The summed E-state index contributed by atoms with van der Waals surface area (Å²) >= 11 is 0. The van der Waals surface area contributed by atoms with E-state index in [0.29, 0.717) is 37.2 Å². The smallest absolute Gasteiger partial charge is 0.241 e. The third-order valence-electron chi connectivity index (χ3n) is 5.71. The molecule has 1 N–H and O–H groups in total. The molecule has 8 heteroatoms. The number of aliphatic hydroxyl groups excluding tert-OH is 1. The van der Waals surface area contributed by atoms with Crippen molar-refractivity contribution >= 4 is 0 Å². The molecule has 0 spiro atoms. The van der Waals surface area contributed by atoms with Crippen molar-refractivity contribution in [3.05, 3.63) is 48.0 Å². The maximum absolute atomic E-state index is 10.2. The summed E-state index contributed by atoms with van der Waals surface area (Å²) in [6.07, 6.45) is 1.58. The van der Waals surface area contributed by atoms with Crippen LogP contribution in [0.3, 0.4) is 0 Å². The van der Waals surface area contributed by atoms with E-state index in [-0.39, 0.29) is 17.9 Å². The Labute approximate surface area is 161 Å². The van der Waals surface area contributed by atoms with Gasteiger partial charge in [-0.15, -0.1) is 0 Å². The lowest BCUT2D eigenvalue weighted by atomic mass is 9.74. The maximum Gasteiger partial charge on any atom is 0.241 e. The standard InChI is InChI=1S/C20H21N3O5/c1-25-13-4-5-14-15-8-23(10-20(15,11-24)12-27-17(14)7-13)9-18-21-19(22-28-18)16-3-2-6-26-16/h2-7,15,24H,8-12H2,1H3. The number of benzene rings is 1. The van der Waals surface area contributed by atoms with Crippen LogP contribution in [0, 0.1) is 5.41 Å². The van der Waals surface area contributed by atoms with Crippen LogP contribution in [0.4, 0.5) is 0 Å². The average molecular weight is 383 g/mol. The molecule has 4 heterocycles.